The van der Waals surface area contributed by atoms with Gasteiger partial charge in [0.2, 0.25) is 0 Å². The van der Waals surface area contributed by atoms with Crippen molar-refractivity contribution in [3.8, 4) is 5.75 Å². The number of ether oxygens (including phenoxy) is 2. The number of aromatic amines is 1. The van der Waals surface area contributed by atoms with E-state index < -0.39 is 0 Å². The number of carbonyl (C=O) groups excluding carboxylic acids is 1. The van der Waals surface area contributed by atoms with Crippen LogP contribution in [0.3, 0.4) is 0 Å². The van der Waals surface area contributed by atoms with Gasteiger partial charge in [-0.15, -0.1) is 0 Å². The van der Waals surface area contributed by atoms with Crippen LogP contribution in [0.15, 0.2) is 48.7 Å². The number of nitrogens with zero attached hydrogens (tertiary/aromatic N) is 2. The van der Waals surface area contributed by atoms with Gasteiger partial charge in [-0.3, -0.25) is 4.79 Å². The van der Waals surface area contributed by atoms with E-state index in [2.05, 4.69) is 22.0 Å². The Morgan fingerprint density at radius 2 is 1.89 bits per heavy atom. The van der Waals surface area contributed by atoms with E-state index in [1.807, 2.05) is 41.4 Å². The maximum Gasteiger partial charge on any atom is 0.254 e. The molecule has 1 N–H and O–H groups in total. The van der Waals surface area contributed by atoms with Crippen LogP contribution < -0.4 is 9.64 Å². The molecule has 1 fully saturated rings. The lowest BCUT2D eigenvalue weighted by Crippen LogP contribution is -2.36. The molecule has 6 heteroatoms. The molecular formula is C22H23N3O3. The quantitative estimate of drug-likeness (QED) is 0.746. The standard InChI is InChI=1S/C22H23N3O3/c26-22(19-2-1-3-20-18(19)6-7-23-20)25-10-13-28-21-5-4-17(14-16(21)15-25)24-8-11-27-12-9-24/h1-7,14,23H,8-13,15H2. The molecule has 2 aromatic carbocycles. The normalized spacial score (nSPS) is 17.1. The van der Waals surface area contributed by atoms with Crippen molar-refractivity contribution in [2.75, 3.05) is 44.4 Å². The fraction of sp³-hybridized carbons (Fsp3) is 0.318. The van der Waals surface area contributed by atoms with E-state index in [9.17, 15) is 4.79 Å². The Morgan fingerprint density at radius 3 is 2.79 bits per heavy atom. The third-order valence-electron chi connectivity index (χ3n) is 5.51. The van der Waals surface area contributed by atoms with Gasteiger partial charge in [-0.05, 0) is 36.4 Å². The molecule has 1 aromatic heterocycles. The van der Waals surface area contributed by atoms with Gasteiger partial charge in [-0.2, -0.15) is 0 Å². The number of hydrogen-bond donors (Lipinski definition) is 1. The molecule has 28 heavy (non-hydrogen) atoms. The van der Waals surface area contributed by atoms with Gasteiger partial charge in [-0.25, -0.2) is 0 Å². The highest BCUT2D eigenvalue weighted by molar-refractivity contribution is 6.06. The zero-order chi connectivity index (χ0) is 18.9. The van der Waals surface area contributed by atoms with Crippen molar-refractivity contribution in [1.29, 1.82) is 0 Å². The second-order valence-corrected chi connectivity index (χ2v) is 7.21. The molecule has 5 rings (SSSR count). The Balaban J connectivity index is 1.44. The number of hydrogen-bond acceptors (Lipinski definition) is 4. The third-order valence-corrected chi connectivity index (χ3v) is 5.51. The number of H-pyrrole nitrogens is 1. The molecule has 1 saturated heterocycles. The van der Waals surface area contributed by atoms with E-state index >= 15 is 0 Å². The maximum atomic E-state index is 13.3. The number of rotatable bonds is 2. The predicted octanol–water partition coefficient (Wildman–Crippen LogP) is 3.04. The van der Waals surface area contributed by atoms with Gasteiger partial charge in [0.1, 0.15) is 12.4 Å². The largest absolute Gasteiger partial charge is 0.491 e. The number of amides is 1. The van der Waals surface area contributed by atoms with E-state index in [0.717, 1.165) is 59.8 Å². The number of morpholine rings is 1. The van der Waals surface area contributed by atoms with Gasteiger partial charge in [0.05, 0.1) is 19.8 Å². The third kappa shape index (κ3) is 3.10. The molecule has 0 bridgehead atoms. The average molecular weight is 377 g/mol. The van der Waals surface area contributed by atoms with Crippen LogP contribution in [-0.4, -0.2) is 55.2 Å². The minimum Gasteiger partial charge on any atom is -0.491 e. The van der Waals surface area contributed by atoms with E-state index in [1.54, 1.807) is 0 Å². The van der Waals surface area contributed by atoms with E-state index in [-0.39, 0.29) is 5.91 Å². The molecule has 0 spiro atoms. The molecule has 3 heterocycles. The van der Waals surface area contributed by atoms with Gasteiger partial charge in [0, 0.05) is 53.5 Å². The van der Waals surface area contributed by atoms with Crippen LogP contribution in [0.25, 0.3) is 10.9 Å². The summed E-state index contributed by atoms with van der Waals surface area (Å²) in [6.45, 7) is 4.89. The van der Waals surface area contributed by atoms with Gasteiger partial charge in [0.25, 0.3) is 5.91 Å². The van der Waals surface area contributed by atoms with Crippen molar-refractivity contribution in [2.24, 2.45) is 0 Å². The van der Waals surface area contributed by atoms with E-state index in [4.69, 9.17) is 9.47 Å². The van der Waals surface area contributed by atoms with Gasteiger partial charge >= 0.3 is 0 Å². The molecule has 1 amide bonds. The van der Waals surface area contributed by atoms with Crippen LogP contribution in [0.2, 0.25) is 0 Å². The number of aromatic nitrogens is 1. The highest BCUT2D eigenvalue weighted by Crippen LogP contribution is 2.30. The highest BCUT2D eigenvalue weighted by Gasteiger charge is 2.23. The number of nitrogens with one attached hydrogen (secondary N) is 1. The van der Waals surface area contributed by atoms with E-state index in [1.165, 1.54) is 0 Å². The lowest BCUT2D eigenvalue weighted by molar-refractivity contribution is 0.0735. The Kier molecular flexibility index (Phi) is 4.41. The van der Waals surface area contributed by atoms with Crippen LogP contribution >= 0.6 is 0 Å². The first-order valence-corrected chi connectivity index (χ1v) is 9.73. The number of anilines is 1. The molecule has 0 radical (unpaired) electrons. The van der Waals surface area contributed by atoms with Crippen LogP contribution in [0.1, 0.15) is 15.9 Å². The summed E-state index contributed by atoms with van der Waals surface area (Å²) < 4.78 is 11.4. The summed E-state index contributed by atoms with van der Waals surface area (Å²) in [7, 11) is 0. The summed E-state index contributed by atoms with van der Waals surface area (Å²) in [6.07, 6.45) is 1.87. The van der Waals surface area contributed by atoms with Gasteiger partial charge < -0.3 is 24.3 Å². The zero-order valence-corrected chi connectivity index (χ0v) is 15.7. The Morgan fingerprint density at radius 1 is 1.00 bits per heavy atom. The first kappa shape index (κ1) is 17.1. The molecule has 3 aromatic rings. The van der Waals surface area contributed by atoms with Crippen LogP contribution in [-0.2, 0) is 11.3 Å². The molecule has 0 aliphatic carbocycles. The summed E-state index contributed by atoms with van der Waals surface area (Å²) in [5.41, 5.74) is 3.92. The fourth-order valence-electron chi connectivity index (χ4n) is 4.01. The molecule has 144 valence electrons. The van der Waals surface area contributed by atoms with Crippen molar-refractivity contribution in [2.45, 2.75) is 6.54 Å². The molecule has 0 unspecified atom stereocenters. The molecule has 2 aliphatic heterocycles. The first-order valence-electron chi connectivity index (χ1n) is 9.73. The Labute approximate surface area is 163 Å². The van der Waals surface area contributed by atoms with Crippen molar-refractivity contribution >= 4 is 22.5 Å². The molecular weight excluding hydrogens is 354 g/mol. The SMILES string of the molecule is O=C(c1cccc2[nH]ccc12)N1CCOc2ccc(N3CCOCC3)cc2C1. The van der Waals surface area contributed by atoms with Crippen LogP contribution in [0, 0.1) is 0 Å². The lowest BCUT2D eigenvalue weighted by Gasteiger charge is -2.29. The number of benzene rings is 2. The highest BCUT2D eigenvalue weighted by atomic mass is 16.5. The van der Waals surface area contributed by atoms with Crippen molar-refractivity contribution < 1.29 is 14.3 Å². The molecule has 2 aliphatic rings. The molecule has 0 atom stereocenters. The Hall–Kier alpha value is -2.99. The van der Waals surface area contributed by atoms with Gasteiger partial charge in [0.15, 0.2) is 0 Å². The fourth-order valence-corrected chi connectivity index (χ4v) is 4.01. The van der Waals surface area contributed by atoms with Crippen LogP contribution in [0.4, 0.5) is 5.69 Å². The maximum absolute atomic E-state index is 13.3. The van der Waals surface area contributed by atoms with E-state index in [0.29, 0.717) is 19.7 Å². The van der Waals surface area contributed by atoms with Crippen molar-refractivity contribution in [1.82, 2.24) is 9.88 Å². The van der Waals surface area contributed by atoms with Crippen molar-refractivity contribution in [3.63, 3.8) is 0 Å². The average Bonchev–Trinajstić information content (AvgIpc) is 3.13. The zero-order valence-electron chi connectivity index (χ0n) is 15.7. The summed E-state index contributed by atoms with van der Waals surface area (Å²) in [4.78, 5) is 20.7. The lowest BCUT2D eigenvalue weighted by atomic mass is 10.1. The van der Waals surface area contributed by atoms with Gasteiger partial charge in [-0.1, -0.05) is 6.07 Å². The minimum absolute atomic E-state index is 0.0402. The number of fused-ring (bicyclic) bond motifs is 2. The summed E-state index contributed by atoms with van der Waals surface area (Å²) in [6, 6.07) is 14.1. The van der Waals surface area contributed by atoms with Crippen molar-refractivity contribution in [3.05, 3.63) is 59.8 Å². The molecule has 0 saturated carbocycles. The summed E-state index contributed by atoms with van der Waals surface area (Å²) in [5, 5.41) is 0.958. The number of carbonyl (C=O) groups is 1. The first-order chi connectivity index (χ1) is 13.8. The van der Waals surface area contributed by atoms with Crippen LogP contribution in [0.5, 0.6) is 5.75 Å². The second-order valence-electron chi connectivity index (χ2n) is 7.21. The minimum atomic E-state index is 0.0402. The summed E-state index contributed by atoms with van der Waals surface area (Å²) in [5.74, 6) is 0.908. The second kappa shape index (κ2) is 7.20. The Bertz CT molecular complexity index is 1010. The smallest absolute Gasteiger partial charge is 0.254 e. The monoisotopic (exact) mass is 377 g/mol. The topological polar surface area (TPSA) is 57.8 Å². The molecule has 6 nitrogen and oxygen atoms in total. The summed E-state index contributed by atoms with van der Waals surface area (Å²) >= 11 is 0. The predicted molar refractivity (Wildman–Crippen MR) is 108 cm³/mol.